The number of carboxylic acid groups (broad SMARTS) is 1. The van der Waals surface area contributed by atoms with Gasteiger partial charge in [-0.25, -0.2) is 18.4 Å². The number of hydrogen-bond donors (Lipinski definition) is 2. The maximum atomic E-state index is 15.6. The van der Waals surface area contributed by atoms with E-state index in [9.17, 15) is 24.3 Å². The van der Waals surface area contributed by atoms with Crippen molar-refractivity contribution in [3.8, 4) is 5.75 Å². The average Bonchev–Trinajstić information content (AvgIpc) is 3.36. The predicted octanol–water partition coefficient (Wildman–Crippen LogP) is 2.50. The summed E-state index contributed by atoms with van der Waals surface area (Å²) in [7, 11) is 0. The monoisotopic (exact) mass is 597 g/mol. The van der Waals surface area contributed by atoms with Gasteiger partial charge >= 0.3 is 12.1 Å². The number of pyridine rings is 1. The fourth-order valence-corrected chi connectivity index (χ4v) is 5.89. The molecule has 0 radical (unpaired) electrons. The molecular formula is C29H29F2N5O7. The maximum Gasteiger partial charge on any atom is 0.414 e. The molecule has 2 saturated heterocycles. The highest BCUT2D eigenvalue weighted by molar-refractivity contribution is 5.97. The number of anilines is 3. The van der Waals surface area contributed by atoms with E-state index in [0.717, 1.165) is 6.07 Å². The smallest absolute Gasteiger partial charge is 0.414 e. The Kier molecular flexibility index (Phi) is 6.95. The molecule has 3 aromatic rings. The number of cyclic esters (lactones) is 1. The number of rotatable bonds is 6. The van der Waals surface area contributed by atoms with Gasteiger partial charge in [0.1, 0.15) is 41.6 Å². The summed E-state index contributed by atoms with van der Waals surface area (Å²) in [6, 6.07) is 4.16. The molecule has 2 unspecified atom stereocenters. The van der Waals surface area contributed by atoms with E-state index in [2.05, 4.69) is 0 Å². The number of aromatic carboxylic acids is 1. The quantitative estimate of drug-likeness (QED) is 0.434. The number of amides is 1. The first-order chi connectivity index (χ1) is 20.5. The Morgan fingerprint density at radius 1 is 1.07 bits per heavy atom. The maximum absolute atomic E-state index is 15.6. The van der Waals surface area contributed by atoms with Crippen molar-refractivity contribution in [2.75, 3.05) is 54.0 Å². The van der Waals surface area contributed by atoms with Gasteiger partial charge in [-0.1, -0.05) is 0 Å². The number of benzene rings is 2. The van der Waals surface area contributed by atoms with E-state index in [-0.39, 0.29) is 47.5 Å². The lowest BCUT2D eigenvalue weighted by Gasteiger charge is -2.39. The molecule has 2 fully saturated rings. The van der Waals surface area contributed by atoms with Crippen LogP contribution in [-0.4, -0.2) is 79.0 Å². The summed E-state index contributed by atoms with van der Waals surface area (Å²) < 4.78 is 43.7. The molecule has 0 spiro atoms. The second kappa shape index (κ2) is 10.5. The van der Waals surface area contributed by atoms with Gasteiger partial charge < -0.3 is 34.7 Å². The lowest BCUT2D eigenvalue weighted by atomic mass is 10.1. The van der Waals surface area contributed by atoms with Crippen molar-refractivity contribution >= 4 is 45.8 Å². The third-order valence-electron chi connectivity index (χ3n) is 8.26. The molecule has 3 atom stereocenters. The van der Waals surface area contributed by atoms with Crippen molar-refractivity contribution in [2.24, 2.45) is 5.73 Å². The first-order valence-corrected chi connectivity index (χ1v) is 13.8. The largest absolute Gasteiger partial charge is 0.487 e. The van der Waals surface area contributed by atoms with Gasteiger partial charge in [0.25, 0.3) is 0 Å². The highest BCUT2D eigenvalue weighted by atomic mass is 19.1. The summed E-state index contributed by atoms with van der Waals surface area (Å²) in [5.74, 6) is -2.82. The third-order valence-corrected chi connectivity index (χ3v) is 8.26. The van der Waals surface area contributed by atoms with Gasteiger partial charge in [0.05, 0.1) is 34.9 Å². The number of aromatic nitrogens is 1. The molecule has 12 nitrogen and oxygen atoms in total. The fourth-order valence-electron chi connectivity index (χ4n) is 5.89. The number of piperazine rings is 1. The van der Waals surface area contributed by atoms with E-state index in [1.807, 2.05) is 6.92 Å². The number of nitrogens with two attached hydrogens (primary N) is 1. The number of nitrogens with zero attached hydrogens (tertiary/aromatic N) is 4. The minimum absolute atomic E-state index is 0.0169. The molecule has 1 aromatic heterocycles. The fraction of sp³-hybridized carbons (Fsp3) is 0.379. The minimum atomic E-state index is -1.39. The second-order valence-electron chi connectivity index (χ2n) is 11.0. The van der Waals surface area contributed by atoms with Crippen molar-refractivity contribution in [2.45, 2.75) is 32.0 Å². The van der Waals surface area contributed by atoms with Crippen molar-refractivity contribution in [3.63, 3.8) is 0 Å². The molecule has 43 heavy (non-hydrogen) atoms. The third kappa shape index (κ3) is 4.71. The molecule has 226 valence electrons. The predicted molar refractivity (Wildman–Crippen MR) is 152 cm³/mol. The normalized spacial score (nSPS) is 20.7. The molecule has 0 aliphatic carbocycles. The highest BCUT2D eigenvalue weighted by Crippen LogP contribution is 2.42. The van der Waals surface area contributed by atoms with Crippen LogP contribution in [0.25, 0.3) is 10.9 Å². The molecule has 0 bridgehead atoms. The summed E-state index contributed by atoms with van der Waals surface area (Å²) in [5.41, 5.74) is 5.65. The van der Waals surface area contributed by atoms with Crippen LogP contribution in [0.4, 0.5) is 30.6 Å². The van der Waals surface area contributed by atoms with E-state index in [1.165, 1.54) is 24.1 Å². The zero-order chi connectivity index (χ0) is 30.7. The Morgan fingerprint density at radius 2 is 1.77 bits per heavy atom. The Labute approximate surface area is 243 Å². The van der Waals surface area contributed by atoms with Crippen molar-refractivity contribution in [3.05, 3.63) is 57.9 Å². The van der Waals surface area contributed by atoms with Crippen molar-refractivity contribution in [1.82, 2.24) is 4.57 Å². The van der Waals surface area contributed by atoms with Crippen LogP contribution >= 0.6 is 0 Å². The molecule has 3 aliphatic rings. The lowest BCUT2D eigenvalue weighted by Crippen LogP contribution is -2.47. The number of halogens is 2. The minimum Gasteiger partial charge on any atom is -0.487 e. The van der Waals surface area contributed by atoms with Crippen LogP contribution in [0.15, 0.2) is 35.3 Å². The van der Waals surface area contributed by atoms with Crippen molar-refractivity contribution < 1.29 is 37.7 Å². The average molecular weight is 598 g/mol. The zero-order valence-corrected chi connectivity index (χ0v) is 23.4. The Hall–Kier alpha value is -4.72. The summed E-state index contributed by atoms with van der Waals surface area (Å²) in [4.78, 5) is 53.3. The van der Waals surface area contributed by atoms with E-state index >= 15 is 8.78 Å². The number of carbonyl (C=O) groups excluding carboxylic acids is 2. The molecule has 3 aliphatic heterocycles. The van der Waals surface area contributed by atoms with Gasteiger partial charge in [-0.05, 0) is 38.1 Å². The number of carboxylic acids is 1. The molecule has 6 rings (SSSR count). The SMILES string of the molecule is CC(=O)[C@@H](N)C1CN(c2ccc(N3CCN(c4c(F)cc5c(=O)c(C(=O)O)cn6c5c4OCC6C)CC3)c(F)c2)C(=O)O1. The topological polar surface area (TPSA) is 148 Å². The molecule has 14 heteroatoms. The Morgan fingerprint density at radius 3 is 2.42 bits per heavy atom. The van der Waals surface area contributed by atoms with Crippen LogP contribution in [0, 0.1) is 11.6 Å². The summed E-state index contributed by atoms with van der Waals surface area (Å²) >= 11 is 0. The molecule has 2 aromatic carbocycles. The van der Waals surface area contributed by atoms with Crippen LogP contribution in [0.5, 0.6) is 5.75 Å². The van der Waals surface area contributed by atoms with Gasteiger partial charge in [-0.15, -0.1) is 0 Å². The van der Waals surface area contributed by atoms with Gasteiger partial charge in [0.15, 0.2) is 11.6 Å². The first-order valence-electron chi connectivity index (χ1n) is 13.8. The Balaban J connectivity index is 1.23. The van der Waals surface area contributed by atoms with Gasteiger partial charge in [0.2, 0.25) is 5.43 Å². The standard InChI is InChI=1S/C29H29F2N5O7/c1-14-13-42-27-24-17(26(38)18(28(39)40)11-35(14)24)10-20(31)25(27)34-7-5-33(6-8-34)21-4-3-16(9-19(21)30)36-12-22(43-29(36)41)23(32)15(2)37/h3-4,9-11,14,22-23H,5-8,12-13,32H2,1-2H3,(H,39,40)/t14?,22?,23-/m1/s1. The number of Topliss-reactive ketones (excluding diaryl/α,β-unsaturated/α-hetero) is 1. The summed E-state index contributed by atoms with van der Waals surface area (Å²) in [6.07, 6.45) is -0.275. The van der Waals surface area contributed by atoms with E-state index in [1.54, 1.807) is 26.5 Å². The lowest BCUT2D eigenvalue weighted by molar-refractivity contribution is -0.120. The van der Waals surface area contributed by atoms with Crippen LogP contribution < -0.4 is 30.6 Å². The summed E-state index contributed by atoms with van der Waals surface area (Å²) in [5, 5.41) is 9.43. The Bertz CT molecular complexity index is 1740. The van der Waals surface area contributed by atoms with E-state index in [0.29, 0.717) is 37.4 Å². The van der Waals surface area contributed by atoms with Gasteiger partial charge in [-0.3, -0.25) is 14.5 Å². The van der Waals surface area contributed by atoms with Crippen LogP contribution in [0.1, 0.15) is 30.2 Å². The molecule has 4 heterocycles. The van der Waals surface area contributed by atoms with Crippen molar-refractivity contribution in [1.29, 1.82) is 0 Å². The molecule has 0 saturated carbocycles. The second-order valence-corrected chi connectivity index (χ2v) is 11.0. The summed E-state index contributed by atoms with van der Waals surface area (Å²) in [6.45, 7) is 4.55. The molecular weight excluding hydrogens is 568 g/mol. The highest BCUT2D eigenvalue weighted by Gasteiger charge is 2.38. The van der Waals surface area contributed by atoms with E-state index in [4.69, 9.17) is 15.2 Å². The first kappa shape index (κ1) is 28.4. The number of ether oxygens (including phenoxy) is 2. The number of ketones is 1. The van der Waals surface area contributed by atoms with E-state index < -0.39 is 46.8 Å². The number of carbonyl (C=O) groups is 3. The van der Waals surface area contributed by atoms with Crippen LogP contribution in [0.3, 0.4) is 0 Å². The van der Waals surface area contributed by atoms with Gasteiger partial charge in [-0.2, -0.15) is 0 Å². The molecule has 3 N–H and O–H groups in total. The van der Waals surface area contributed by atoms with Gasteiger partial charge in [0, 0.05) is 32.4 Å². The number of hydrogen-bond acceptors (Lipinski definition) is 9. The molecule has 1 amide bonds. The van der Waals surface area contributed by atoms with Crippen LogP contribution in [-0.2, 0) is 9.53 Å². The zero-order valence-electron chi connectivity index (χ0n) is 23.4. The van der Waals surface area contributed by atoms with Crippen LogP contribution in [0.2, 0.25) is 0 Å².